The summed E-state index contributed by atoms with van der Waals surface area (Å²) in [4.78, 5) is 0. The number of hydrogen-bond donors (Lipinski definition) is 2. The Morgan fingerprint density at radius 2 is 1.83 bits per heavy atom. The summed E-state index contributed by atoms with van der Waals surface area (Å²) in [6, 6.07) is 5.45. The molecule has 12 heavy (non-hydrogen) atoms. The lowest BCUT2D eigenvalue weighted by Gasteiger charge is -2.02. The zero-order valence-corrected chi connectivity index (χ0v) is 8.18. The maximum absolute atomic E-state index is 9.17. The van der Waals surface area contributed by atoms with Gasteiger partial charge < -0.3 is 10.4 Å². The minimum absolute atomic E-state index is 0.299. The second-order valence-corrected chi connectivity index (χ2v) is 2.27. The van der Waals surface area contributed by atoms with Gasteiger partial charge >= 0.3 is 0 Å². The molecule has 2 heteroatoms. The van der Waals surface area contributed by atoms with Gasteiger partial charge in [0.25, 0.3) is 0 Å². The van der Waals surface area contributed by atoms with Crippen LogP contribution in [0, 0.1) is 6.92 Å². The zero-order valence-electron chi connectivity index (χ0n) is 8.18. The molecule has 0 aliphatic carbocycles. The van der Waals surface area contributed by atoms with Gasteiger partial charge in [-0.25, -0.2) is 0 Å². The molecule has 0 amide bonds. The highest BCUT2D eigenvalue weighted by Crippen LogP contribution is 2.22. The number of anilines is 1. The van der Waals surface area contributed by atoms with E-state index in [1.54, 1.807) is 13.1 Å². The van der Waals surface area contributed by atoms with Crippen molar-refractivity contribution < 1.29 is 5.11 Å². The van der Waals surface area contributed by atoms with Crippen molar-refractivity contribution >= 4 is 5.69 Å². The lowest BCUT2D eigenvalue weighted by atomic mass is 10.2. The Morgan fingerprint density at radius 3 is 2.25 bits per heavy atom. The van der Waals surface area contributed by atoms with Crippen LogP contribution in [-0.2, 0) is 0 Å². The average Bonchev–Trinajstić information content (AvgIpc) is 2.13. The maximum atomic E-state index is 9.17. The molecule has 0 atom stereocenters. The molecule has 1 rings (SSSR count). The predicted molar refractivity (Wildman–Crippen MR) is 53.7 cm³/mol. The number of rotatable bonds is 1. The standard InChI is InChI=1S/C8H11NO.C2H6/c1-6-3-4-8(10)7(5-6)9-2;1-2/h3-5,9-10H,1-2H3;1-2H3. The van der Waals surface area contributed by atoms with Crippen molar-refractivity contribution in [3.05, 3.63) is 23.8 Å². The normalized spacial score (nSPS) is 8.33. The van der Waals surface area contributed by atoms with E-state index >= 15 is 0 Å². The first-order chi connectivity index (χ1) is 5.74. The molecular weight excluding hydrogens is 150 g/mol. The van der Waals surface area contributed by atoms with E-state index in [0.717, 1.165) is 11.3 Å². The summed E-state index contributed by atoms with van der Waals surface area (Å²) < 4.78 is 0. The quantitative estimate of drug-likeness (QED) is 0.630. The molecule has 0 heterocycles. The number of aryl methyl sites for hydroxylation is 1. The SMILES string of the molecule is CC.CNc1cc(C)ccc1O. The average molecular weight is 167 g/mol. The smallest absolute Gasteiger partial charge is 0.138 e. The van der Waals surface area contributed by atoms with Crippen LogP contribution in [0.25, 0.3) is 0 Å². The van der Waals surface area contributed by atoms with E-state index in [1.807, 2.05) is 32.9 Å². The highest BCUT2D eigenvalue weighted by atomic mass is 16.3. The van der Waals surface area contributed by atoms with Gasteiger partial charge in [-0.3, -0.25) is 0 Å². The zero-order chi connectivity index (χ0) is 9.56. The number of phenolic OH excluding ortho intramolecular Hbond substituents is 1. The summed E-state index contributed by atoms with van der Waals surface area (Å²) in [7, 11) is 1.79. The molecule has 0 bridgehead atoms. The first-order valence-corrected chi connectivity index (χ1v) is 4.21. The van der Waals surface area contributed by atoms with Crippen LogP contribution >= 0.6 is 0 Å². The van der Waals surface area contributed by atoms with Gasteiger partial charge in [-0.05, 0) is 24.6 Å². The molecule has 1 aromatic rings. The number of hydrogen-bond acceptors (Lipinski definition) is 2. The summed E-state index contributed by atoms with van der Waals surface area (Å²) >= 11 is 0. The number of phenols is 1. The van der Waals surface area contributed by atoms with Gasteiger partial charge in [-0.15, -0.1) is 0 Å². The Morgan fingerprint density at radius 1 is 1.25 bits per heavy atom. The Balaban J connectivity index is 0.000000561. The molecule has 0 aromatic heterocycles. The largest absolute Gasteiger partial charge is 0.506 e. The highest BCUT2D eigenvalue weighted by Gasteiger charge is 1.95. The van der Waals surface area contributed by atoms with Crippen molar-refractivity contribution in [2.45, 2.75) is 20.8 Å². The summed E-state index contributed by atoms with van der Waals surface area (Å²) in [5, 5.41) is 12.1. The third-order valence-electron chi connectivity index (χ3n) is 1.42. The molecule has 2 nitrogen and oxygen atoms in total. The van der Waals surface area contributed by atoms with Gasteiger partial charge in [0.2, 0.25) is 0 Å². The van der Waals surface area contributed by atoms with Crippen LogP contribution in [0.1, 0.15) is 19.4 Å². The molecule has 0 aliphatic heterocycles. The van der Waals surface area contributed by atoms with Crippen molar-refractivity contribution in [2.24, 2.45) is 0 Å². The van der Waals surface area contributed by atoms with E-state index in [-0.39, 0.29) is 0 Å². The monoisotopic (exact) mass is 167 g/mol. The molecule has 0 unspecified atom stereocenters. The van der Waals surface area contributed by atoms with E-state index in [9.17, 15) is 5.11 Å². The van der Waals surface area contributed by atoms with Crippen LogP contribution in [0.4, 0.5) is 5.69 Å². The first kappa shape index (κ1) is 10.8. The molecule has 2 N–H and O–H groups in total. The third kappa shape index (κ3) is 2.82. The van der Waals surface area contributed by atoms with Gasteiger partial charge in [0.1, 0.15) is 5.75 Å². The Bertz CT molecular complexity index is 233. The van der Waals surface area contributed by atoms with Crippen LogP contribution in [0.5, 0.6) is 5.75 Å². The second kappa shape index (κ2) is 5.47. The molecular formula is C10H17NO. The van der Waals surface area contributed by atoms with Crippen molar-refractivity contribution in [3.8, 4) is 5.75 Å². The van der Waals surface area contributed by atoms with Gasteiger partial charge in [-0.2, -0.15) is 0 Å². The summed E-state index contributed by atoms with van der Waals surface area (Å²) in [6.07, 6.45) is 0. The fourth-order valence-electron chi connectivity index (χ4n) is 0.850. The molecule has 0 saturated heterocycles. The molecule has 0 fully saturated rings. The fourth-order valence-corrected chi connectivity index (χ4v) is 0.850. The molecule has 1 aromatic carbocycles. The van der Waals surface area contributed by atoms with E-state index in [4.69, 9.17) is 0 Å². The van der Waals surface area contributed by atoms with Gasteiger partial charge in [-0.1, -0.05) is 19.9 Å². The second-order valence-electron chi connectivity index (χ2n) is 2.27. The van der Waals surface area contributed by atoms with Crippen LogP contribution in [0.2, 0.25) is 0 Å². The lowest BCUT2D eigenvalue weighted by molar-refractivity contribution is 0.477. The summed E-state index contributed by atoms with van der Waals surface area (Å²) in [6.45, 7) is 5.99. The van der Waals surface area contributed by atoms with E-state index in [2.05, 4.69) is 5.32 Å². The summed E-state index contributed by atoms with van der Waals surface area (Å²) in [5.74, 6) is 0.299. The molecule has 0 radical (unpaired) electrons. The van der Waals surface area contributed by atoms with Gasteiger partial charge in [0, 0.05) is 7.05 Å². The van der Waals surface area contributed by atoms with Crippen LogP contribution in [0.15, 0.2) is 18.2 Å². The number of nitrogens with one attached hydrogen (secondary N) is 1. The maximum Gasteiger partial charge on any atom is 0.138 e. The number of aromatic hydroxyl groups is 1. The third-order valence-corrected chi connectivity index (χ3v) is 1.42. The predicted octanol–water partition coefficient (Wildman–Crippen LogP) is 2.77. The Hall–Kier alpha value is -1.18. The topological polar surface area (TPSA) is 32.3 Å². The number of benzene rings is 1. The lowest BCUT2D eigenvalue weighted by Crippen LogP contribution is -1.88. The molecule has 68 valence electrons. The minimum atomic E-state index is 0.299. The Kier molecular flexibility index (Phi) is 4.93. The van der Waals surface area contributed by atoms with Gasteiger partial charge in [0.15, 0.2) is 0 Å². The van der Waals surface area contributed by atoms with Gasteiger partial charge in [0.05, 0.1) is 5.69 Å². The van der Waals surface area contributed by atoms with Crippen molar-refractivity contribution in [2.75, 3.05) is 12.4 Å². The molecule has 0 aliphatic rings. The highest BCUT2D eigenvalue weighted by molar-refractivity contribution is 5.56. The van der Waals surface area contributed by atoms with Crippen molar-refractivity contribution in [1.82, 2.24) is 0 Å². The van der Waals surface area contributed by atoms with Crippen LogP contribution in [-0.4, -0.2) is 12.2 Å². The first-order valence-electron chi connectivity index (χ1n) is 4.21. The van der Waals surface area contributed by atoms with E-state index < -0.39 is 0 Å². The minimum Gasteiger partial charge on any atom is -0.506 e. The molecule has 0 spiro atoms. The van der Waals surface area contributed by atoms with Crippen molar-refractivity contribution in [3.63, 3.8) is 0 Å². The van der Waals surface area contributed by atoms with E-state index in [1.165, 1.54) is 0 Å². The fraction of sp³-hybridized carbons (Fsp3) is 0.400. The van der Waals surface area contributed by atoms with Crippen LogP contribution < -0.4 is 5.32 Å². The Labute approximate surface area is 74.2 Å². The summed E-state index contributed by atoms with van der Waals surface area (Å²) in [5.41, 5.74) is 1.92. The van der Waals surface area contributed by atoms with Crippen molar-refractivity contribution in [1.29, 1.82) is 0 Å². The molecule has 0 saturated carbocycles. The van der Waals surface area contributed by atoms with Crippen LogP contribution in [0.3, 0.4) is 0 Å². The van der Waals surface area contributed by atoms with E-state index in [0.29, 0.717) is 5.75 Å².